The average molecular weight is 293 g/mol. The van der Waals surface area contributed by atoms with Crippen LogP contribution in [0.3, 0.4) is 0 Å². The molecule has 0 bridgehead atoms. The van der Waals surface area contributed by atoms with E-state index in [-0.39, 0.29) is 11.3 Å². The zero-order chi connectivity index (χ0) is 14.7. The summed E-state index contributed by atoms with van der Waals surface area (Å²) in [6.45, 7) is 3.14. The van der Waals surface area contributed by atoms with Gasteiger partial charge in [-0.1, -0.05) is 0 Å². The second kappa shape index (κ2) is 5.79. The summed E-state index contributed by atoms with van der Waals surface area (Å²) in [6, 6.07) is 3.76. The second-order valence-corrected chi connectivity index (χ2v) is 5.34. The Hall–Kier alpha value is -2.28. The van der Waals surface area contributed by atoms with Crippen molar-refractivity contribution in [2.24, 2.45) is 0 Å². The van der Waals surface area contributed by atoms with Crippen LogP contribution in [0.5, 0.6) is 0 Å². The first-order chi connectivity index (χ1) is 9.45. The van der Waals surface area contributed by atoms with Gasteiger partial charge in [-0.3, -0.25) is 14.9 Å². The molecule has 1 aromatic heterocycles. The van der Waals surface area contributed by atoms with Gasteiger partial charge in [-0.05, 0) is 25.1 Å². The van der Waals surface area contributed by atoms with Crippen molar-refractivity contribution in [3.63, 3.8) is 0 Å². The van der Waals surface area contributed by atoms with Crippen LogP contribution in [0, 0.1) is 12.7 Å². The molecule has 0 saturated carbocycles. The summed E-state index contributed by atoms with van der Waals surface area (Å²) in [5.41, 5.74) is 0.212. The quantitative estimate of drug-likeness (QED) is 0.914. The molecule has 1 aromatic carbocycles. The normalized spacial score (nSPS) is 10.2. The molecule has 1 heterocycles. The van der Waals surface area contributed by atoms with Gasteiger partial charge in [0.2, 0.25) is 5.91 Å². The lowest BCUT2D eigenvalue weighted by molar-refractivity contribution is -0.114. The fourth-order valence-corrected chi connectivity index (χ4v) is 2.19. The van der Waals surface area contributed by atoms with E-state index in [0.717, 1.165) is 10.9 Å². The summed E-state index contributed by atoms with van der Waals surface area (Å²) in [7, 11) is 0. The fourth-order valence-electron chi connectivity index (χ4n) is 1.53. The third kappa shape index (κ3) is 3.39. The van der Waals surface area contributed by atoms with E-state index in [0.29, 0.717) is 5.13 Å². The van der Waals surface area contributed by atoms with Crippen LogP contribution in [0.25, 0.3) is 0 Å². The first-order valence-corrected chi connectivity index (χ1v) is 6.58. The van der Waals surface area contributed by atoms with E-state index in [1.54, 1.807) is 6.20 Å². The summed E-state index contributed by atoms with van der Waals surface area (Å²) in [4.78, 5) is 27.9. The number of halogens is 1. The van der Waals surface area contributed by atoms with Crippen molar-refractivity contribution < 1.29 is 14.0 Å². The summed E-state index contributed by atoms with van der Waals surface area (Å²) < 4.78 is 13.5. The van der Waals surface area contributed by atoms with Crippen LogP contribution in [0.15, 0.2) is 24.4 Å². The van der Waals surface area contributed by atoms with Crippen molar-refractivity contribution in [3.05, 3.63) is 40.7 Å². The number of carbonyl (C=O) groups excluding carboxylic acids is 2. The number of aromatic nitrogens is 1. The molecule has 0 aliphatic carbocycles. The van der Waals surface area contributed by atoms with Gasteiger partial charge in [0.1, 0.15) is 5.82 Å². The highest BCUT2D eigenvalue weighted by atomic mass is 32.1. The molecule has 2 aromatic rings. The highest BCUT2D eigenvalue weighted by molar-refractivity contribution is 7.15. The lowest BCUT2D eigenvalue weighted by Gasteiger charge is -2.07. The predicted octanol–water partition coefficient (Wildman–Crippen LogP) is 2.80. The molecule has 0 saturated heterocycles. The topological polar surface area (TPSA) is 71.1 Å². The van der Waals surface area contributed by atoms with E-state index < -0.39 is 17.6 Å². The van der Waals surface area contributed by atoms with E-state index in [2.05, 4.69) is 15.6 Å². The molecule has 2 N–H and O–H groups in total. The third-order valence-corrected chi connectivity index (χ3v) is 3.21. The maximum absolute atomic E-state index is 13.5. The van der Waals surface area contributed by atoms with Gasteiger partial charge in [0, 0.05) is 23.6 Å². The average Bonchev–Trinajstić information content (AvgIpc) is 2.77. The standard InChI is InChI=1S/C13H12FN3O2S/c1-7-6-15-13(20-7)17-12(19)9-3-4-10(14)11(5-9)16-8(2)18/h3-6H,1-2H3,(H,16,18)(H,15,17,19). The first kappa shape index (κ1) is 14.1. The predicted molar refractivity (Wildman–Crippen MR) is 75.5 cm³/mol. The Morgan fingerprint density at radius 3 is 2.65 bits per heavy atom. The summed E-state index contributed by atoms with van der Waals surface area (Å²) in [5.74, 6) is -1.41. The minimum absolute atomic E-state index is 0.0273. The SMILES string of the molecule is CC(=O)Nc1cc(C(=O)Nc2ncc(C)s2)ccc1F. The molecule has 104 valence electrons. The minimum atomic E-state index is -0.596. The van der Waals surface area contributed by atoms with Gasteiger partial charge in [0.25, 0.3) is 5.91 Å². The van der Waals surface area contributed by atoms with Gasteiger partial charge in [0.15, 0.2) is 5.13 Å². The van der Waals surface area contributed by atoms with E-state index in [4.69, 9.17) is 0 Å². The zero-order valence-electron chi connectivity index (χ0n) is 10.9. The van der Waals surface area contributed by atoms with Crippen molar-refractivity contribution in [2.75, 3.05) is 10.6 Å². The van der Waals surface area contributed by atoms with Crippen molar-refractivity contribution in [3.8, 4) is 0 Å². The molecule has 0 unspecified atom stereocenters. The Labute approximate surface area is 118 Å². The van der Waals surface area contributed by atoms with E-state index in [1.807, 2.05) is 6.92 Å². The van der Waals surface area contributed by atoms with Crippen LogP contribution in [0.2, 0.25) is 0 Å². The third-order valence-electron chi connectivity index (χ3n) is 2.38. The van der Waals surface area contributed by atoms with Gasteiger partial charge in [-0.25, -0.2) is 9.37 Å². The van der Waals surface area contributed by atoms with Crippen LogP contribution in [-0.2, 0) is 4.79 Å². The molecule has 2 amide bonds. The number of aryl methyl sites for hydroxylation is 1. The van der Waals surface area contributed by atoms with Gasteiger partial charge in [0.05, 0.1) is 5.69 Å². The van der Waals surface area contributed by atoms with E-state index in [9.17, 15) is 14.0 Å². The number of carbonyl (C=O) groups is 2. The molecule has 5 nitrogen and oxygen atoms in total. The fraction of sp³-hybridized carbons (Fsp3) is 0.154. The Bertz CT molecular complexity index is 669. The minimum Gasteiger partial charge on any atom is -0.324 e. The monoisotopic (exact) mass is 293 g/mol. The van der Waals surface area contributed by atoms with Gasteiger partial charge >= 0.3 is 0 Å². The maximum atomic E-state index is 13.5. The van der Waals surface area contributed by atoms with Crippen LogP contribution in [0.4, 0.5) is 15.2 Å². The molecule has 7 heteroatoms. The lowest BCUT2D eigenvalue weighted by Crippen LogP contribution is -2.13. The number of benzene rings is 1. The van der Waals surface area contributed by atoms with Gasteiger partial charge in [-0.2, -0.15) is 0 Å². The highest BCUT2D eigenvalue weighted by Crippen LogP contribution is 2.20. The van der Waals surface area contributed by atoms with Crippen molar-refractivity contribution >= 4 is 34.0 Å². The van der Waals surface area contributed by atoms with Gasteiger partial charge in [-0.15, -0.1) is 11.3 Å². The zero-order valence-corrected chi connectivity index (χ0v) is 11.7. The number of thiazole rings is 1. The molecule has 0 aliphatic rings. The number of anilines is 2. The van der Waals surface area contributed by atoms with Crippen molar-refractivity contribution in [1.82, 2.24) is 4.98 Å². The smallest absolute Gasteiger partial charge is 0.257 e. The molecule has 20 heavy (non-hydrogen) atoms. The number of rotatable bonds is 3. The Morgan fingerprint density at radius 2 is 2.05 bits per heavy atom. The van der Waals surface area contributed by atoms with Crippen molar-refractivity contribution in [1.29, 1.82) is 0 Å². The van der Waals surface area contributed by atoms with Crippen molar-refractivity contribution in [2.45, 2.75) is 13.8 Å². The van der Waals surface area contributed by atoms with E-state index >= 15 is 0 Å². The summed E-state index contributed by atoms with van der Waals surface area (Å²) >= 11 is 1.34. The molecular weight excluding hydrogens is 281 g/mol. The molecular formula is C13H12FN3O2S. The number of amides is 2. The number of hydrogen-bond acceptors (Lipinski definition) is 4. The van der Waals surface area contributed by atoms with Gasteiger partial charge < -0.3 is 5.32 Å². The Kier molecular flexibility index (Phi) is 4.09. The molecule has 0 atom stereocenters. The number of nitrogens with one attached hydrogen (secondary N) is 2. The Balaban J connectivity index is 2.19. The number of nitrogens with zero attached hydrogens (tertiary/aromatic N) is 1. The summed E-state index contributed by atoms with van der Waals surface area (Å²) in [6.07, 6.45) is 1.65. The highest BCUT2D eigenvalue weighted by Gasteiger charge is 2.12. The van der Waals surface area contributed by atoms with E-state index in [1.165, 1.54) is 30.4 Å². The molecule has 0 fully saturated rings. The van der Waals surface area contributed by atoms with Crippen LogP contribution < -0.4 is 10.6 Å². The largest absolute Gasteiger partial charge is 0.324 e. The molecule has 0 radical (unpaired) electrons. The van der Waals surface area contributed by atoms with Crippen LogP contribution in [-0.4, -0.2) is 16.8 Å². The maximum Gasteiger partial charge on any atom is 0.257 e. The van der Waals surface area contributed by atoms with Crippen LogP contribution >= 0.6 is 11.3 Å². The Morgan fingerprint density at radius 1 is 1.30 bits per heavy atom. The molecule has 2 rings (SSSR count). The molecule has 0 spiro atoms. The molecule has 0 aliphatic heterocycles. The number of hydrogen-bond donors (Lipinski definition) is 2. The summed E-state index contributed by atoms with van der Waals surface area (Å²) in [5, 5.41) is 5.41. The first-order valence-electron chi connectivity index (χ1n) is 5.76. The lowest BCUT2D eigenvalue weighted by atomic mass is 10.2. The van der Waals surface area contributed by atoms with Crippen LogP contribution in [0.1, 0.15) is 22.2 Å². The second-order valence-electron chi connectivity index (χ2n) is 4.11.